The maximum atomic E-state index is 12.7. The molecule has 21 heavy (non-hydrogen) atoms. The fourth-order valence-electron chi connectivity index (χ4n) is 1.77. The van der Waals surface area contributed by atoms with Crippen LogP contribution in [0.4, 0.5) is 0 Å². The maximum absolute atomic E-state index is 12.7. The van der Waals surface area contributed by atoms with Gasteiger partial charge in [-0.05, 0) is 25.5 Å². The van der Waals surface area contributed by atoms with Gasteiger partial charge in [0.05, 0.1) is 0 Å². The molecule has 0 saturated heterocycles. The fraction of sp³-hybridized carbons (Fsp3) is 0.333. The standard InChI is InChI=1S/C18H24N2O/c1-7-19-20(8-2)16(17(21)18(4,5)6)13-15-11-9-14(3)10-12-15/h7-13H,2H2,1,3-6H3/b16-13+,19-7-. The lowest BCUT2D eigenvalue weighted by Gasteiger charge is -2.24. The van der Waals surface area contributed by atoms with E-state index >= 15 is 0 Å². The molecule has 0 aliphatic carbocycles. The Hall–Kier alpha value is -2.16. The average Bonchev–Trinajstić information content (AvgIpc) is 2.43. The number of benzene rings is 1. The quantitative estimate of drug-likeness (QED) is 0.456. The molecule has 0 atom stereocenters. The van der Waals surface area contributed by atoms with E-state index in [0.29, 0.717) is 5.70 Å². The molecule has 3 nitrogen and oxygen atoms in total. The van der Waals surface area contributed by atoms with Crippen LogP contribution in [0.3, 0.4) is 0 Å². The Morgan fingerprint density at radius 2 is 1.81 bits per heavy atom. The largest absolute Gasteiger partial charge is 0.292 e. The summed E-state index contributed by atoms with van der Waals surface area (Å²) in [4.78, 5) is 12.7. The van der Waals surface area contributed by atoms with Crippen LogP contribution < -0.4 is 0 Å². The molecule has 1 aromatic rings. The van der Waals surface area contributed by atoms with Crippen LogP contribution in [0.5, 0.6) is 0 Å². The van der Waals surface area contributed by atoms with Crippen molar-refractivity contribution in [3.05, 3.63) is 53.9 Å². The van der Waals surface area contributed by atoms with E-state index in [1.54, 1.807) is 12.4 Å². The Kier molecular flexibility index (Phi) is 5.65. The molecule has 0 aliphatic rings. The number of aryl methyl sites for hydroxylation is 1. The first-order chi connectivity index (χ1) is 9.79. The van der Waals surface area contributed by atoms with Gasteiger partial charge in [-0.15, -0.1) is 0 Å². The van der Waals surface area contributed by atoms with Gasteiger partial charge in [-0.3, -0.25) is 4.79 Å². The predicted octanol–water partition coefficient (Wildman–Crippen LogP) is 4.40. The van der Waals surface area contributed by atoms with Gasteiger partial charge in [0, 0.05) is 17.8 Å². The molecule has 0 spiro atoms. The number of allylic oxidation sites excluding steroid dienone is 1. The number of ketones is 1. The highest BCUT2D eigenvalue weighted by Gasteiger charge is 2.27. The molecular weight excluding hydrogens is 260 g/mol. The summed E-state index contributed by atoms with van der Waals surface area (Å²) in [5.41, 5.74) is 2.18. The van der Waals surface area contributed by atoms with E-state index in [-0.39, 0.29) is 5.78 Å². The monoisotopic (exact) mass is 284 g/mol. The molecule has 0 aromatic heterocycles. The molecule has 3 heteroatoms. The van der Waals surface area contributed by atoms with Crippen molar-refractivity contribution in [1.29, 1.82) is 0 Å². The summed E-state index contributed by atoms with van der Waals surface area (Å²) in [6, 6.07) is 8.02. The first kappa shape index (κ1) is 16.9. The van der Waals surface area contributed by atoms with Crippen molar-refractivity contribution >= 4 is 18.1 Å². The molecule has 0 N–H and O–H groups in total. The first-order valence-corrected chi connectivity index (χ1v) is 7.03. The molecule has 112 valence electrons. The van der Waals surface area contributed by atoms with Gasteiger partial charge in [0.15, 0.2) is 5.78 Å². The van der Waals surface area contributed by atoms with Crippen molar-refractivity contribution in [2.75, 3.05) is 0 Å². The molecule has 0 saturated carbocycles. The molecule has 0 radical (unpaired) electrons. The molecule has 1 rings (SSSR count). The van der Waals surface area contributed by atoms with E-state index in [1.807, 2.05) is 65.0 Å². The van der Waals surface area contributed by atoms with Crippen LogP contribution in [-0.4, -0.2) is 17.0 Å². The first-order valence-electron chi connectivity index (χ1n) is 7.03. The van der Waals surface area contributed by atoms with Crippen LogP contribution in [0.2, 0.25) is 0 Å². The molecule has 0 bridgehead atoms. The number of carbonyl (C=O) groups is 1. The Labute approximate surface area is 127 Å². The summed E-state index contributed by atoms with van der Waals surface area (Å²) in [6.45, 7) is 13.3. The summed E-state index contributed by atoms with van der Waals surface area (Å²) in [5.74, 6) is 0.0218. The lowest BCUT2D eigenvalue weighted by Crippen LogP contribution is -2.28. The third kappa shape index (κ3) is 4.71. The van der Waals surface area contributed by atoms with E-state index in [0.717, 1.165) is 5.56 Å². The number of carbonyl (C=O) groups excluding carboxylic acids is 1. The van der Waals surface area contributed by atoms with Gasteiger partial charge in [-0.1, -0.05) is 57.2 Å². The highest BCUT2D eigenvalue weighted by molar-refractivity contribution is 6.02. The lowest BCUT2D eigenvalue weighted by molar-refractivity contribution is -0.123. The number of hydrazone groups is 1. The van der Waals surface area contributed by atoms with Crippen LogP contribution in [0.25, 0.3) is 6.08 Å². The predicted molar refractivity (Wildman–Crippen MR) is 89.8 cm³/mol. The van der Waals surface area contributed by atoms with Crippen LogP contribution in [0.15, 0.2) is 47.8 Å². The van der Waals surface area contributed by atoms with Gasteiger partial charge < -0.3 is 0 Å². The molecule has 0 heterocycles. The number of Topliss-reactive ketones (excluding diaryl/α,β-unsaturated/α-hetero) is 1. The lowest BCUT2D eigenvalue weighted by atomic mass is 9.88. The highest BCUT2D eigenvalue weighted by atomic mass is 16.1. The van der Waals surface area contributed by atoms with E-state index < -0.39 is 5.41 Å². The second-order valence-electron chi connectivity index (χ2n) is 5.92. The van der Waals surface area contributed by atoms with Crippen molar-refractivity contribution < 1.29 is 4.79 Å². The maximum Gasteiger partial charge on any atom is 0.186 e. The van der Waals surface area contributed by atoms with Crippen molar-refractivity contribution in [1.82, 2.24) is 5.01 Å². The molecular formula is C18H24N2O. The zero-order valence-corrected chi connectivity index (χ0v) is 13.6. The Morgan fingerprint density at radius 3 is 2.24 bits per heavy atom. The van der Waals surface area contributed by atoms with Crippen LogP contribution in [0.1, 0.15) is 38.8 Å². The summed E-state index contributed by atoms with van der Waals surface area (Å²) in [6.07, 6.45) is 5.03. The zero-order chi connectivity index (χ0) is 16.0. The van der Waals surface area contributed by atoms with Crippen molar-refractivity contribution in [3.63, 3.8) is 0 Å². The summed E-state index contributed by atoms with van der Waals surface area (Å²) >= 11 is 0. The van der Waals surface area contributed by atoms with Gasteiger partial charge in [-0.25, -0.2) is 5.01 Å². The molecule has 0 amide bonds. The van der Waals surface area contributed by atoms with Crippen molar-refractivity contribution in [2.24, 2.45) is 10.5 Å². The van der Waals surface area contributed by atoms with Gasteiger partial charge in [0.1, 0.15) is 5.70 Å². The minimum absolute atomic E-state index is 0.0218. The average molecular weight is 284 g/mol. The van der Waals surface area contributed by atoms with E-state index in [9.17, 15) is 4.79 Å². The van der Waals surface area contributed by atoms with E-state index in [1.165, 1.54) is 10.6 Å². The Balaban J connectivity index is 3.33. The van der Waals surface area contributed by atoms with Crippen LogP contribution >= 0.6 is 0 Å². The van der Waals surface area contributed by atoms with Crippen LogP contribution in [-0.2, 0) is 4.79 Å². The van der Waals surface area contributed by atoms with Crippen LogP contribution in [0, 0.1) is 12.3 Å². The van der Waals surface area contributed by atoms with Gasteiger partial charge in [0.25, 0.3) is 0 Å². The highest BCUT2D eigenvalue weighted by Crippen LogP contribution is 2.24. The number of hydrogen-bond acceptors (Lipinski definition) is 3. The van der Waals surface area contributed by atoms with Crippen molar-refractivity contribution in [2.45, 2.75) is 34.6 Å². The molecule has 1 aromatic carbocycles. The second kappa shape index (κ2) is 7.02. The second-order valence-corrected chi connectivity index (χ2v) is 5.92. The van der Waals surface area contributed by atoms with Crippen molar-refractivity contribution in [3.8, 4) is 0 Å². The normalized spacial score (nSPS) is 12.5. The van der Waals surface area contributed by atoms with Gasteiger partial charge in [0.2, 0.25) is 0 Å². The Bertz CT molecular complexity index is 560. The molecule has 0 fully saturated rings. The minimum atomic E-state index is -0.485. The van der Waals surface area contributed by atoms with E-state index in [4.69, 9.17) is 0 Å². The topological polar surface area (TPSA) is 32.7 Å². The van der Waals surface area contributed by atoms with Gasteiger partial charge in [-0.2, -0.15) is 5.10 Å². The summed E-state index contributed by atoms with van der Waals surface area (Å²) in [7, 11) is 0. The van der Waals surface area contributed by atoms with Gasteiger partial charge >= 0.3 is 0 Å². The summed E-state index contributed by atoms with van der Waals surface area (Å²) < 4.78 is 0. The minimum Gasteiger partial charge on any atom is -0.292 e. The third-order valence-corrected chi connectivity index (χ3v) is 2.95. The Morgan fingerprint density at radius 1 is 1.24 bits per heavy atom. The third-order valence-electron chi connectivity index (χ3n) is 2.95. The number of nitrogens with zero attached hydrogens (tertiary/aromatic N) is 2. The number of rotatable bonds is 5. The smallest absolute Gasteiger partial charge is 0.186 e. The van der Waals surface area contributed by atoms with E-state index in [2.05, 4.69) is 11.7 Å². The molecule has 0 unspecified atom stereocenters. The number of hydrogen-bond donors (Lipinski definition) is 0. The SMILES string of the molecule is C=CN(/N=C\C)/C(=C/c1ccc(C)cc1)C(=O)C(C)(C)C. The summed E-state index contributed by atoms with van der Waals surface area (Å²) in [5, 5.41) is 5.71. The zero-order valence-electron chi connectivity index (χ0n) is 13.6. The molecule has 0 aliphatic heterocycles. The fourth-order valence-corrected chi connectivity index (χ4v) is 1.77.